The Hall–Kier alpha value is -0.660. The SMILES string of the molecule is C=C1NCC(C(C)(C)C)CN1. The van der Waals surface area contributed by atoms with Gasteiger partial charge in [0.2, 0.25) is 0 Å². The average molecular weight is 154 g/mol. The Kier molecular flexibility index (Phi) is 2.12. The Morgan fingerprint density at radius 3 is 2.09 bits per heavy atom. The molecule has 0 unspecified atom stereocenters. The highest BCUT2D eigenvalue weighted by Crippen LogP contribution is 2.26. The molecule has 1 rings (SSSR count). The van der Waals surface area contributed by atoms with E-state index in [1.807, 2.05) is 0 Å². The molecule has 0 bridgehead atoms. The summed E-state index contributed by atoms with van der Waals surface area (Å²) < 4.78 is 0. The second kappa shape index (κ2) is 2.76. The van der Waals surface area contributed by atoms with E-state index in [0.29, 0.717) is 11.3 Å². The Morgan fingerprint density at radius 1 is 1.27 bits per heavy atom. The van der Waals surface area contributed by atoms with E-state index in [-0.39, 0.29) is 0 Å². The first-order chi connectivity index (χ1) is 5.00. The van der Waals surface area contributed by atoms with Crippen LogP contribution in [0.15, 0.2) is 12.4 Å². The number of hydrogen-bond acceptors (Lipinski definition) is 2. The zero-order valence-corrected chi connectivity index (χ0v) is 7.70. The average Bonchev–Trinajstić information content (AvgIpc) is 1.86. The lowest BCUT2D eigenvalue weighted by atomic mass is 9.80. The maximum Gasteiger partial charge on any atom is 0.0912 e. The predicted octanol–water partition coefficient (Wildman–Crippen LogP) is 1.31. The summed E-state index contributed by atoms with van der Waals surface area (Å²) in [6.07, 6.45) is 0. The van der Waals surface area contributed by atoms with Gasteiger partial charge in [0, 0.05) is 13.1 Å². The Bertz CT molecular complexity index is 145. The van der Waals surface area contributed by atoms with Crippen LogP contribution in [0.3, 0.4) is 0 Å². The lowest BCUT2D eigenvalue weighted by Crippen LogP contribution is -2.46. The summed E-state index contributed by atoms with van der Waals surface area (Å²) in [6.45, 7) is 12.7. The van der Waals surface area contributed by atoms with Crippen LogP contribution < -0.4 is 10.6 Å². The molecule has 1 fully saturated rings. The van der Waals surface area contributed by atoms with Gasteiger partial charge < -0.3 is 10.6 Å². The molecule has 0 radical (unpaired) electrons. The third-order valence-electron chi connectivity index (χ3n) is 2.35. The van der Waals surface area contributed by atoms with Crippen LogP contribution in [-0.4, -0.2) is 13.1 Å². The van der Waals surface area contributed by atoms with E-state index in [1.165, 1.54) is 0 Å². The van der Waals surface area contributed by atoms with Crippen LogP contribution in [0.25, 0.3) is 0 Å². The molecule has 1 aliphatic heterocycles. The van der Waals surface area contributed by atoms with E-state index in [4.69, 9.17) is 0 Å². The molecule has 0 atom stereocenters. The molecule has 2 N–H and O–H groups in total. The van der Waals surface area contributed by atoms with Crippen LogP contribution in [0.4, 0.5) is 0 Å². The summed E-state index contributed by atoms with van der Waals surface area (Å²) in [7, 11) is 0. The maximum atomic E-state index is 3.81. The minimum absolute atomic E-state index is 0.390. The Labute approximate surface area is 69.1 Å². The number of rotatable bonds is 0. The van der Waals surface area contributed by atoms with Gasteiger partial charge in [-0.2, -0.15) is 0 Å². The monoisotopic (exact) mass is 154 g/mol. The summed E-state index contributed by atoms with van der Waals surface area (Å²) in [6, 6.07) is 0. The molecule has 64 valence electrons. The molecule has 11 heavy (non-hydrogen) atoms. The minimum Gasteiger partial charge on any atom is -0.372 e. The maximum absolute atomic E-state index is 3.81. The van der Waals surface area contributed by atoms with Crippen molar-refractivity contribution < 1.29 is 0 Å². The topological polar surface area (TPSA) is 24.1 Å². The van der Waals surface area contributed by atoms with Gasteiger partial charge in [-0.1, -0.05) is 27.4 Å². The fourth-order valence-electron chi connectivity index (χ4n) is 1.24. The van der Waals surface area contributed by atoms with Crippen LogP contribution in [0, 0.1) is 11.3 Å². The molecule has 0 aromatic rings. The van der Waals surface area contributed by atoms with Gasteiger partial charge in [0.15, 0.2) is 0 Å². The van der Waals surface area contributed by atoms with Crippen molar-refractivity contribution in [2.45, 2.75) is 20.8 Å². The number of nitrogens with one attached hydrogen (secondary N) is 2. The molecule has 1 aliphatic rings. The third kappa shape index (κ3) is 2.14. The molecule has 0 aromatic heterocycles. The molecular formula is C9H18N2. The van der Waals surface area contributed by atoms with Gasteiger partial charge in [0.05, 0.1) is 5.82 Å². The van der Waals surface area contributed by atoms with E-state index in [1.54, 1.807) is 0 Å². The van der Waals surface area contributed by atoms with E-state index >= 15 is 0 Å². The Balaban J connectivity index is 2.45. The van der Waals surface area contributed by atoms with Crippen molar-refractivity contribution >= 4 is 0 Å². The molecule has 0 aromatic carbocycles. The summed E-state index contributed by atoms with van der Waals surface area (Å²) >= 11 is 0. The van der Waals surface area contributed by atoms with E-state index in [0.717, 1.165) is 18.9 Å². The molecule has 1 saturated heterocycles. The Morgan fingerprint density at radius 2 is 1.73 bits per heavy atom. The van der Waals surface area contributed by atoms with Crippen molar-refractivity contribution in [3.05, 3.63) is 12.4 Å². The molecule has 2 heteroatoms. The molecule has 2 nitrogen and oxygen atoms in total. The van der Waals surface area contributed by atoms with Gasteiger partial charge in [-0.25, -0.2) is 0 Å². The fourth-order valence-corrected chi connectivity index (χ4v) is 1.24. The van der Waals surface area contributed by atoms with Gasteiger partial charge in [0.25, 0.3) is 0 Å². The highest BCUT2D eigenvalue weighted by Gasteiger charge is 2.26. The van der Waals surface area contributed by atoms with Crippen molar-refractivity contribution in [2.24, 2.45) is 11.3 Å². The van der Waals surface area contributed by atoms with E-state index in [9.17, 15) is 0 Å². The van der Waals surface area contributed by atoms with Crippen molar-refractivity contribution in [1.82, 2.24) is 10.6 Å². The summed E-state index contributed by atoms with van der Waals surface area (Å²) in [4.78, 5) is 0. The second-order valence-electron chi connectivity index (χ2n) is 4.30. The largest absolute Gasteiger partial charge is 0.372 e. The second-order valence-corrected chi connectivity index (χ2v) is 4.30. The first-order valence-corrected chi connectivity index (χ1v) is 4.17. The number of hydrogen-bond donors (Lipinski definition) is 2. The molecular weight excluding hydrogens is 136 g/mol. The van der Waals surface area contributed by atoms with E-state index < -0.39 is 0 Å². The van der Waals surface area contributed by atoms with E-state index in [2.05, 4.69) is 38.0 Å². The van der Waals surface area contributed by atoms with Crippen molar-refractivity contribution in [1.29, 1.82) is 0 Å². The van der Waals surface area contributed by atoms with Crippen molar-refractivity contribution in [3.63, 3.8) is 0 Å². The minimum atomic E-state index is 0.390. The highest BCUT2D eigenvalue weighted by atomic mass is 15.1. The van der Waals surface area contributed by atoms with Crippen LogP contribution in [0.5, 0.6) is 0 Å². The standard InChI is InChI=1S/C9H18N2/c1-7-10-5-8(6-11-7)9(2,3)4/h8,10-11H,1,5-6H2,2-4H3. The van der Waals surface area contributed by atoms with Crippen LogP contribution in [0.2, 0.25) is 0 Å². The molecule has 0 aliphatic carbocycles. The van der Waals surface area contributed by atoms with Gasteiger partial charge in [0.1, 0.15) is 0 Å². The smallest absolute Gasteiger partial charge is 0.0912 e. The molecule has 0 amide bonds. The van der Waals surface area contributed by atoms with Crippen LogP contribution in [0.1, 0.15) is 20.8 Å². The van der Waals surface area contributed by atoms with Gasteiger partial charge in [-0.3, -0.25) is 0 Å². The van der Waals surface area contributed by atoms with Gasteiger partial charge in [-0.15, -0.1) is 0 Å². The zero-order valence-electron chi connectivity index (χ0n) is 7.70. The summed E-state index contributed by atoms with van der Waals surface area (Å²) in [5, 5.41) is 6.47. The highest BCUT2D eigenvalue weighted by molar-refractivity contribution is 4.96. The van der Waals surface area contributed by atoms with Crippen LogP contribution in [-0.2, 0) is 0 Å². The lowest BCUT2D eigenvalue weighted by molar-refractivity contribution is 0.215. The quantitative estimate of drug-likeness (QED) is 0.550. The van der Waals surface area contributed by atoms with Crippen LogP contribution >= 0.6 is 0 Å². The normalized spacial score (nSPS) is 20.8. The predicted molar refractivity (Wildman–Crippen MR) is 48.1 cm³/mol. The first kappa shape index (κ1) is 8.44. The van der Waals surface area contributed by atoms with Crippen molar-refractivity contribution in [2.75, 3.05) is 13.1 Å². The summed E-state index contributed by atoms with van der Waals surface area (Å²) in [5.74, 6) is 1.67. The zero-order chi connectivity index (χ0) is 8.48. The summed E-state index contributed by atoms with van der Waals surface area (Å²) in [5.41, 5.74) is 0.390. The van der Waals surface area contributed by atoms with Crippen molar-refractivity contribution in [3.8, 4) is 0 Å². The fraction of sp³-hybridized carbons (Fsp3) is 0.778. The lowest BCUT2D eigenvalue weighted by Gasteiger charge is -2.35. The van der Waals surface area contributed by atoms with Gasteiger partial charge in [-0.05, 0) is 11.3 Å². The molecule has 0 saturated carbocycles. The molecule has 1 heterocycles. The third-order valence-corrected chi connectivity index (χ3v) is 2.35. The molecule has 0 spiro atoms. The van der Waals surface area contributed by atoms with Gasteiger partial charge >= 0.3 is 0 Å². The first-order valence-electron chi connectivity index (χ1n) is 4.17.